The Morgan fingerprint density at radius 3 is 2.37 bits per heavy atom. The number of hydrogen-bond acceptors (Lipinski definition) is 7. The van der Waals surface area contributed by atoms with Crippen LogP contribution >= 0.6 is 22.9 Å². The molecule has 1 aliphatic rings. The third-order valence-electron chi connectivity index (χ3n) is 5.92. The highest BCUT2D eigenvalue weighted by atomic mass is 35.5. The second kappa shape index (κ2) is 10.3. The second-order valence-corrected chi connectivity index (χ2v) is 13.2. The van der Waals surface area contributed by atoms with Gasteiger partial charge in [-0.05, 0) is 35.4 Å². The first kappa shape index (κ1) is 26.6. The lowest BCUT2D eigenvalue weighted by Gasteiger charge is -2.17. The van der Waals surface area contributed by atoms with Crippen LogP contribution in [0.25, 0.3) is 27.4 Å². The molecule has 198 valence electrons. The summed E-state index contributed by atoms with van der Waals surface area (Å²) in [6.07, 6.45) is 1.68. The van der Waals surface area contributed by atoms with Gasteiger partial charge in [0, 0.05) is 17.6 Å². The van der Waals surface area contributed by atoms with Crippen LogP contribution in [0.4, 0.5) is 5.69 Å². The molecule has 13 heteroatoms. The maximum Gasteiger partial charge on any atom is 0.271 e. The minimum atomic E-state index is -4.27. The summed E-state index contributed by atoms with van der Waals surface area (Å²) in [7, 11) is -8.51. The van der Waals surface area contributed by atoms with E-state index in [1.54, 1.807) is 39.8 Å². The molecule has 4 aromatic rings. The maximum absolute atomic E-state index is 11.6. The minimum Gasteiger partial charge on any atom is -0.438 e. The van der Waals surface area contributed by atoms with Crippen molar-refractivity contribution in [2.24, 2.45) is 0 Å². The molecule has 0 saturated heterocycles. The monoisotopic (exact) mass is 593 g/mol. The van der Waals surface area contributed by atoms with Crippen LogP contribution in [0, 0.1) is 0 Å². The zero-order valence-corrected chi connectivity index (χ0v) is 22.9. The maximum atomic E-state index is 11.6. The van der Waals surface area contributed by atoms with Gasteiger partial charge < -0.3 is 9.64 Å². The first-order valence-corrected chi connectivity index (χ1v) is 15.8. The van der Waals surface area contributed by atoms with Crippen molar-refractivity contribution in [3.8, 4) is 16.9 Å². The number of ether oxygens (including phenoxy) is 1. The molecule has 0 spiro atoms. The number of anilines is 1. The molecule has 2 N–H and O–H groups in total. The van der Waals surface area contributed by atoms with Gasteiger partial charge in [0.05, 0.1) is 17.5 Å². The Bertz CT molecular complexity index is 1770. The third kappa shape index (κ3) is 6.01. The van der Waals surface area contributed by atoms with Crippen molar-refractivity contribution in [1.82, 2.24) is 0 Å². The highest BCUT2D eigenvalue weighted by Gasteiger charge is 2.31. The number of aryl methyl sites for hydroxylation is 1. The van der Waals surface area contributed by atoms with Gasteiger partial charge in [-0.2, -0.15) is 21.4 Å². The van der Waals surface area contributed by atoms with Crippen LogP contribution < -0.4 is 14.2 Å². The van der Waals surface area contributed by atoms with Crippen molar-refractivity contribution < 1.29 is 35.2 Å². The lowest BCUT2D eigenvalue weighted by Crippen LogP contribution is -2.39. The topological polar surface area (TPSA) is 125 Å². The second-order valence-electron chi connectivity index (χ2n) is 8.56. The number of halogens is 1. The van der Waals surface area contributed by atoms with Crippen molar-refractivity contribution in [3.05, 3.63) is 82.6 Å². The molecule has 1 aromatic heterocycles. The van der Waals surface area contributed by atoms with Gasteiger partial charge in [0.1, 0.15) is 10.5 Å². The van der Waals surface area contributed by atoms with E-state index in [9.17, 15) is 25.9 Å². The molecule has 0 bridgehead atoms. The van der Waals surface area contributed by atoms with Crippen molar-refractivity contribution in [3.63, 3.8) is 0 Å². The molecular formula is C25H22ClN2O7S3+. The molecule has 2 heterocycles. The summed E-state index contributed by atoms with van der Waals surface area (Å²) in [6, 6.07) is 20.4. The smallest absolute Gasteiger partial charge is 0.271 e. The van der Waals surface area contributed by atoms with E-state index in [4.69, 9.17) is 16.3 Å². The molecular weight excluding hydrogens is 572 g/mol. The zero-order valence-electron chi connectivity index (χ0n) is 19.7. The Morgan fingerprint density at radius 2 is 1.66 bits per heavy atom. The molecule has 0 radical (unpaired) electrons. The van der Waals surface area contributed by atoms with Crippen molar-refractivity contribution in [1.29, 1.82) is 0 Å². The van der Waals surface area contributed by atoms with E-state index in [2.05, 4.69) is 0 Å². The molecule has 1 aliphatic heterocycles. The van der Waals surface area contributed by atoms with Gasteiger partial charge in [-0.3, -0.25) is 9.11 Å². The lowest BCUT2D eigenvalue weighted by molar-refractivity contribution is -0.664. The van der Waals surface area contributed by atoms with Gasteiger partial charge in [0.2, 0.25) is 11.4 Å². The average Bonchev–Trinajstić information content (AvgIpc) is 3.37. The standard InChI is InChI=1S/C25H21ClN2O7S3/c26-19-7-9-23-21(15-19)28(11-13-38(32,33)34)25(36-23)16-24-27(10-12-37(29,30)31)20-14-18(6-8-22(20)35-24)17-4-2-1-3-5-17/h1-9,14-16H,10-13H2,(H-,29,30,31,32,33,34)/p+1. The van der Waals surface area contributed by atoms with Gasteiger partial charge in [-0.25, -0.2) is 0 Å². The van der Waals surface area contributed by atoms with E-state index < -0.39 is 31.7 Å². The summed E-state index contributed by atoms with van der Waals surface area (Å²) in [6.45, 7) is -0.133. The number of thiazole rings is 1. The van der Waals surface area contributed by atoms with Crippen LogP contribution in [0.5, 0.6) is 5.75 Å². The number of benzene rings is 3. The van der Waals surface area contributed by atoms with E-state index in [1.165, 1.54) is 11.3 Å². The first-order valence-electron chi connectivity index (χ1n) is 11.4. The summed E-state index contributed by atoms with van der Waals surface area (Å²) in [4.78, 5) is 1.65. The predicted molar refractivity (Wildman–Crippen MR) is 148 cm³/mol. The number of nitrogens with zero attached hydrogens (tertiary/aromatic N) is 2. The number of aromatic nitrogens is 1. The molecule has 0 fully saturated rings. The van der Waals surface area contributed by atoms with Gasteiger partial charge in [0.25, 0.3) is 25.2 Å². The highest BCUT2D eigenvalue weighted by molar-refractivity contribution is 7.86. The van der Waals surface area contributed by atoms with Crippen LogP contribution in [-0.4, -0.2) is 44.0 Å². The van der Waals surface area contributed by atoms with Crippen molar-refractivity contribution in [2.75, 3.05) is 23.0 Å². The van der Waals surface area contributed by atoms with Crippen molar-refractivity contribution in [2.45, 2.75) is 6.54 Å². The molecule has 0 aliphatic carbocycles. The molecule has 5 rings (SSSR count). The van der Waals surface area contributed by atoms with Crippen LogP contribution in [-0.2, 0) is 26.8 Å². The quantitative estimate of drug-likeness (QED) is 0.226. The normalized spacial score (nSPS) is 14.7. The van der Waals surface area contributed by atoms with Crippen LogP contribution in [0.3, 0.4) is 0 Å². The van der Waals surface area contributed by atoms with E-state index in [-0.39, 0.29) is 13.1 Å². The Labute approximate surface area is 228 Å². The molecule has 0 amide bonds. The van der Waals surface area contributed by atoms with Crippen LogP contribution in [0.2, 0.25) is 5.02 Å². The van der Waals surface area contributed by atoms with E-state index in [1.807, 2.05) is 42.5 Å². The van der Waals surface area contributed by atoms with Crippen molar-refractivity contribution >= 4 is 65.2 Å². The SMILES string of the molecule is O=S(=O)(O)CCN1/C(=C/c2sc3ccc(Cl)cc3[n+]2CCS(=O)(=O)O)Oc2ccc(-c3ccccc3)cc21. The summed E-state index contributed by atoms with van der Waals surface area (Å²) in [5.74, 6) is -0.250. The van der Waals surface area contributed by atoms with E-state index >= 15 is 0 Å². The number of hydrogen-bond donors (Lipinski definition) is 2. The number of fused-ring (bicyclic) bond motifs is 2. The molecule has 38 heavy (non-hydrogen) atoms. The summed E-state index contributed by atoms with van der Waals surface area (Å²) in [5, 5.41) is 1.05. The summed E-state index contributed by atoms with van der Waals surface area (Å²) in [5.41, 5.74) is 3.15. The Hall–Kier alpha value is -3.00. The van der Waals surface area contributed by atoms with E-state index in [0.717, 1.165) is 15.8 Å². The highest BCUT2D eigenvalue weighted by Crippen LogP contribution is 2.42. The van der Waals surface area contributed by atoms with Gasteiger partial charge >= 0.3 is 0 Å². The number of rotatable bonds is 8. The fourth-order valence-electron chi connectivity index (χ4n) is 4.18. The Kier molecular flexibility index (Phi) is 7.20. The average molecular weight is 594 g/mol. The Balaban J connectivity index is 1.60. The summed E-state index contributed by atoms with van der Waals surface area (Å²) >= 11 is 7.54. The Morgan fingerprint density at radius 1 is 0.921 bits per heavy atom. The van der Waals surface area contributed by atoms with Crippen LogP contribution in [0.1, 0.15) is 5.01 Å². The first-order chi connectivity index (χ1) is 18.0. The van der Waals surface area contributed by atoms with Gasteiger partial charge in [0.15, 0.2) is 12.3 Å². The molecule has 9 nitrogen and oxygen atoms in total. The fourth-order valence-corrected chi connectivity index (χ4v) is 6.27. The summed E-state index contributed by atoms with van der Waals surface area (Å²) < 4.78 is 73.7. The van der Waals surface area contributed by atoms with Gasteiger partial charge in [-0.1, -0.05) is 59.3 Å². The zero-order chi connectivity index (χ0) is 27.1. The fraction of sp³-hybridized carbons (Fsp3) is 0.160. The molecule has 0 saturated carbocycles. The molecule has 0 atom stereocenters. The third-order valence-corrected chi connectivity index (χ3v) is 8.67. The molecule has 0 unspecified atom stereocenters. The minimum absolute atomic E-state index is 0.0472. The van der Waals surface area contributed by atoms with Gasteiger partial charge in [-0.15, -0.1) is 0 Å². The van der Waals surface area contributed by atoms with Crippen LogP contribution in [0.15, 0.2) is 72.6 Å². The lowest BCUT2D eigenvalue weighted by atomic mass is 10.0. The van der Waals surface area contributed by atoms with E-state index in [0.29, 0.717) is 32.9 Å². The predicted octanol–water partition coefficient (Wildman–Crippen LogP) is 4.48. The largest absolute Gasteiger partial charge is 0.438 e. The molecule has 3 aromatic carbocycles.